The molecule has 7 aromatic rings. The lowest BCUT2D eigenvalue weighted by molar-refractivity contribution is 0.782. The first kappa shape index (κ1) is 41.4. The van der Waals surface area contributed by atoms with Crippen molar-refractivity contribution in [1.29, 1.82) is 0 Å². The van der Waals surface area contributed by atoms with Crippen LogP contribution in [0, 0.1) is 62.3 Å². The van der Waals surface area contributed by atoms with E-state index < -0.39 is 0 Å². The Morgan fingerprint density at radius 3 is 1.17 bits per heavy atom. The zero-order valence-electron chi connectivity index (χ0n) is 37.7. The van der Waals surface area contributed by atoms with Crippen molar-refractivity contribution in [2.24, 2.45) is 0 Å². The molecule has 0 spiro atoms. The fraction of sp³-hybridized carbons (Fsp3) is 0.286. The summed E-state index contributed by atoms with van der Waals surface area (Å²) >= 11 is 0. The molecule has 0 saturated heterocycles. The van der Waals surface area contributed by atoms with Gasteiger partial charge in [0.05, 0.1) is 0 Å². The molecule has 0 aliphatic rings. The van der Waals surface area contributed by atoms with Gasteiger partial charge in [-0.1, -0.05) is 108 Å². The van der Waals surface area contributed by atoms with E-state index in [9.17, 15) is 0 Å². The minimum Gasteiger partial charge on any atom is -0.355 e. The molecular formula is C56H63N3. The largest absolute Gasteiger partial charge is 0.355 e. The number of rotatable bonds is 11. The van der Waals surface area contributed by atoms with E-state index >= 15 is 0 Å². The van der Waals surface area contributed by atoms with Crippen molar-refractivity contribution < 1.29 is 0 Å². The summed E-state index contributed by atoms with van der Waals surface area (Å²) in [4.78, 5) is 5.00. The van der Waals surface area contributed by atoms with Gasteiger partial charge in [0, 0.05) is 57.5 Å². The van der Waals surface area contributed by atoms with Gasteiger partial charge in [-0.25, -0.2) is 0 Å². The fourth-order valence-corrected chi connectivity index (χ4v) is 9.88. The summed E-state index contributed by atoms with van der Waals surface area (Å²) in [6, 6.07) is 46.7. The van der Waals surface area contributed by atoms with Crippen molar-refractivity contribution in [2.75, 3.05) is 15.1 Å². The standard InChI is InChI=1S/C56H63N3/c1-34(2)58(55-41(10)30-37(6)31-42(55)11)47-22-18-45(19-23-47)53(46-20-24-48(25-21-46)59(35(3)4)56-43(12)32-38(7)33-44(56)13)51-26-27-52(50-17-15-14-16-49(50)51)57-54-39(8)28-36(5)29-40(54)9/h14-35,53,57H,1-13H3. The molecule has 1 N–H and O–H groups in total. The van der Waals surface area contributed by atoms with Gasteiger partial charge in [0.1, 0.15) is 0 Å². The first-order valence-corrected chi connectivity index (χ1v) is 21.4. The van der Waals surface area contributed by atoms with Crippen LogP contribution in [-0.4, -0.2) is 12.1 Å². The number of fused-ring (bicyclic) bond motifs is 1. The molecule has 7 aromatic carbocycles. The van der Waals surface area contributed by atoms with E-state index in [0.717, 1.165) is 5.69 Å². The molecule has 0 unspecified atom stereocenters. The van der Waals surface area contributed by atoms with Crippen molar-refractivity contribution in [3.63, 3.8) is 0 Å². The Labute approximate surface area is 354 Å². The van der Waals surface area contributed by atoms with Gasteiger partial charge >= 0.3 is 0 Å². The van der Waals surface area contributed by atoms with E-state index in [4.69, 9.17) is 0 Å². The van der Waals surface area contributed by atoms with Crippen LogP contribution in [0.4, 0.5) is 34.1 Å². The van der Waals surface area contributed by atoms with Crippen molar-refractivity contribution in [3.8, 4) is 0 Å². The quantitative estimate of drug-likeness (QED) is 0.132. The zero-order chi connectivity index (χ0) is 42.3. The number of hydrogen-bond acceptors (Lipinski definition) is 3. The minimum atomic E-state index is 0.00518. The molecule has 0 fully saturated rings. The first-order valence-electron chi connectivity index (χ1n) is 21.4. The summed E-state index contributed by atoms with van der Waals surface area (Å²) in [6.45, 7) is 29.1. The molecule has 0 radical (unpaired) electrons. The number of anilines is 6. The topological polar surface area (TPSA) is 18.5 Å². The molecule has 0 heterocycles. The first-order chi connectivity index (χ1) is 28.1. The molecule has 0 amide bonds. The van der Waals surface area contributed by atoms with Gasteiger partial charge in [0.2, 0.25) is 0 Å². The predicted octanol–water partition coefficient (Wildman–Crippen LogP) is 15.6. The third-order valence-electron chi connectivity index (χ3n) is 12.0. The van der Waals surface area contributed by atoms with E-state index in [1.165, 1.54) is 106 Å². The second-order valence-corrected chi connectivity index (χ2v) is 17.7. The van der Waals surface area contributed by atoms with Gasteiger partial charge in [0.15, 0.2) is 0 Å². The summed E-state index contributed by atoms with van der Waals surface area (Å²) in [5, 5.41) is 6.33. The average Bonchev–Trinajstić information content (AvgIpc) is 3.17. The Balaban J connectivity index is 1.37. The number of aryl methyl sites for hydroxylation is 9. The van der Waals surface area contributed by atoms with E-state index in [2.05, 4.69) is 226 Å². The van der Waals surface area contributed by atoms with Gasteiger partial charge in [-0.05, 0) is 176 Å². The maximum Gasteiger partial charge on any atom is 0.0472 e. The van der Waals surface area contributed by atoms with Gasteiger partial charge in [-0.2, -0.15) is 0 Å². The van der Waals surface area contributed by atoms with E-state index in [0.29, 0.717) is 12.1 Å². The highest BCUT2D eigenvalue weighted by molar-refractivity contribution is 5.98. The Kier molecular flexibility index (Phi) is 11.8. The Hall–Kier alpha value is -5.80. The lowest BCUT2D eigenvalue weighted by atomic mass is 9.82. The monoisotopic (exact) mass is 778 g/mol. The van der Waals surface area contributed by atoms with Crippen molar-refractivity contribution >= 4 is 44.9 Å². The summed E-state index contributed by atoms with van der Waals surface area (Å²) in [6.07, 6.45) is 0. The normalized spacial score (nSPS) is 11.6. The summed E-state index contributed by atoms with van der Waals surface area (Å²) in [5.74, 6) is 0.00518. The SMILES string of the molecule is Cc1cc(C)c(Nc2ccc(C(c3ccc(N(c4c(C)cc(C)cc4C)C(C)C)cc3)c3ccc(N(c4c(C)cc(C)cc4C)C(C)C)cc3)c3ccccc23)c(C)c1. The summed E-state index contributed by atoms with van der Waals surface area (Å²) in [5.41, 5.74) is 22.8. The van der Waals surface area contributed by atoms with E-state index in [-0.39, 0.29) is 5.92 Å². The molecule has 0 bridgehead atoms. The van der Waals surface area contributed by atoms with E-state index in [1.54, 1.807) is 0 Å². The van der Waals surface area contributed by atoms with Crippen LogP contribution in [0.1, 0.15) is 100 Å². The molecule has 302 valence electrons. The van der Waals surface area contributed by atoms with Crippen LogP contribution in [0.5, 0.6) is 0 Å². The van der Waals surface area contributed by atoms with Crippen molar-refractivity contribution in [2.45, 2.75) is 108 Å². The zero-order valence-corrected chi connectivity index (χ0v) is 37.7. The van der Waals surface area contributed by atoms with Crippen molar-refractivity contribution in [3.05, 3.63) is 188 Å². The highest BCUT2D eigenvalue weighted by Gasteiger charge is 2.24. The average molecular weight is 778 g/mol. The van der Waals surface area contributed by atoms with Crippen LogP contribution in [0.25, 0.3) is 10.8 Å². The number of nitrogens with one attached hydrogen (secondary N) is 1. The van der Waals surface area contributed by atoms with Gasteiger partial charge in [-0.15, -0.1) is 0 Å². The van der Waals surface area contributed by atoms with Gasteiger partial charge in [-0.3, -0.25) is 0 Å². The van der Waals surface area contributed by atoms with Crippen LogP contribution >= 0.6 is 0 Å². The minimum absolute atomic E-state index is 0.00518. The maximum absolute atomic E-state index is 3.86. The van der Waals surface area contributed by atoms with Crippen LogP contribution in [0.15, 0.2) is 121 Å². The maximum atomic E-state index is 3.86. The molecule has 0 aliphatic heterocycles. The molecule has 3 nitrogen and oxygen atoms in total. The molecule has 0 atom stereocenters. The highest BCUT2D eigenvalue weighted by Crippen LogP contribution is 2.43. The third kappa shape index (κ3) is 8.26. The molecule has 0 saturated carbocycles. The van der Waals surface area contributed by atoms with E-state index in [1.807, 2.05) is 0 Å². The third-order valence-corrected chi connectivity index (χ3v) is 12.0. The fourth-order valence-electron chi connectivity index (χ4n) is 9.88. The second kappa shape index (κ2) is 16.8. The Bertz CT molecular complexity index is 2450. The van der Waals surface area contributed by atoms with Gasteiger partial charge < -0.3 is 15.1 Å². The van der Waals surface area contributed by atoms with Gasteiger partial charge in [0.25, 0.3) is 0 Å². The molecule has 0 aliphatic carbocycles. The number of hydrogen-bond donors (Lipinski definition) is 1. The molecular weight excluding hydrogens is 715 g/mol. The lowest BCUT2D eigenvalue weighted by Gasteiger charge is -2.33. The number of benzene rings is 7. The summed E-state index contributed by atoms with van der Waals surface area (Å²) in [7, 11) is 0. The highest BCUT2D eigenvalue weighted by atomic mass is 15.2. The number of nitrogens with zero attached hydrogens (tertiary/aromatic N) is 2. The van der Waals surface area contributed by atoms with Crippen molar-refractivity contribution in [1.82, 2.24) is 0 Å². The predicted molar refractivity (Wildman–Crippen MR) is 258 cm³/mol. The van der Waals surface area contributed by atoms with Crippen LogP contribution in [0.3, 0.4) is 0 Å². The molecule has 3 heteroatoms. The summed E-state index contributed by atoms with van der Waals surface area (Å²) < 4.78 is 0. The van der Waals surface area contributed by atoms with Crippen LogP contribution < -0.4 is 15.1 Å². The molecule has 59 heavy (non-hydrogen) atoms. The second-order valence-electron chi connectivity index (χ2n) is 17.7. The smallest absolute Gasteiger partial charge is 0.0472 e. The Morgan fingerprint density at radius 1 is 0.407 bits per heavy atom. The lowest BCUT2D eigenvalue weighted by Crippen LogP contribution is -2.27. The van der Waals surface area contributed by atoms with Crippen LogP contribution in [-0.2, 0) is 0 Å². The molecule has 7 rings (SSSR count). The molecule has 0 aromatic heterocycles. The Morgan fingerprint density at radius 2 is 0.780 bits per heavy atom. The van der Waals surface area contributed by atoms with Crippen LogP contribution in [0.2, 0.25) is 0 Å².